The van der Waals surface area contributed by atoms with Crippen molar-refractivity contribution in [3.63, 3.8) is 0 Å². The Kier molecular flexibility index (Phi) is 4.68. The fourth-order valence-corrected chi connectivity index (χ4v) is 2.22. The first-order chi connectivity index (χ1) is 11.2. The molecule has 0 amide bonds. The summed E-state index contributed by atoms with van der Waals surface area (Å²) in [6.07, 6.45) is 8.05. The molecule has 0 saturated heterocycles. The third-order valence-corrected chi connectivity index (χ3v) is 3.55. The molecular formula is C18H19N5. The van der Waals surface area contributed by atoms with E-state index in [2.05, 4.69) is 63.2 Å². The number of hydrogen-bond donors (Lipinski definition) is 0. The molecule has 3 aromatic rings. The van der Waals surface area contributed by atoms with Crippen LogP contribution < -0.4 is 0 Å². The van der Waals surface area contributed by atoms with Gasteiger partial charge >= 0.3 is 0 Å². The van der Waals surface area contributed by atoms with Gasteiger partial charge in [-0.15, -0.1) is 0 Å². The molecule has 5 nitrogen and oxygen atoms in total. The first-order valence-electron chi connectivity index (χ1n) is 7.56. The molecule has 0 saturated carbocycles. The molecule has 0 aliphatic heterocycles. The van der Waals surface area contributed by atoms with E-state index < -0.39 is 0 Å². The van der Waals surface area contributed by atoms with Gasteiger partial charge in [0, 0.05) is 36.9 Å². The maximum atomic E-state index is 4.36. The molecule has 5 heteroatoms. The lowest BCUT2D eigenvalue weighted by molar-refractivity contribution is 0.413. The molecule has 116 valence electrons. The zero-order valence-corrected chi connectivity index (χ0v) is 13.3. The summed E-state index contributed by atoms with van der Waals surface area (Å²) >= 11 is 0. The van der Waals surface area contributed by atoms with Gasteiger partial charge in [0.2, 0.25) is 0 Å². The summed E-state index contributed by atoms with van der Waals surface area (Å²) in [6, 6.07) is 10.3. The molecule has 0 aliphatic carbocycles. The van der Waals surface area contributed by atoms with Gasteiger partial charge in [-0.2, -0.15) is 0 Å². The number of aromatic nitrogens is 4. The molecule has 0 N–H and O–H groups in total. The molecule has 1 aromatic carbocycles. The molecule has 23 heavy (non-hydrogen) atoms. The molecule has 0 spiro atoms. The van der Waals surface area contributed by atoms with Gasteiger partial charge < -0.3 is 4.90 Å². The van der Waals surface area contributed by atoms with E-state index in [4.69, 9.17) is 0 Å². The Morgan fingerprint density at radius 1 is 0.783 bits per heavy atom. The summed E-state index contributed by atoms with van der Waals surface area (Å²) < 4.78 is 0. The average molecular weight is 305 g/mol. The number of hydrogen-bond acceptors (Lipinski definition) is 5. The third kappa shape index (κ3) is 3.96. The summed E-state index contributed by atoms with van der Waals surface area (Å²) in [5.41, 5.74) is 3.43. The number of likely N-dealkylation sites (N-methyl/N-ethyl adjacent to an activating group) is 1. The Labute approximate surface area is 136 Å². The Bertz CT molecular complexity index is 737. The van der Waals surface area contributed by atoms with E-state index in [1.54, 1.807) is 18.5 Å². The van der Waals surface area contributed by atoms with Gasteiger partial charge in [-0.05, 0) is 37.7 Å². The van der Waals surface area contributed by atoms with E-state index in [9.17, 15) is 0 Å². The predicted molar refractivity (Wildman–Crippen MR) is 90.8 cm³/mol. The molecule has 0 radical (unpaired) electrons. The van der Waals surface area contributed by atoms with Gasteiger partial charge in [0.15, 0.2) is 11.6 Å². The Morgan fingerprint density at radius 3 is 2.00 bits per heavy atom. The lowest BCUT2D eigenvalue weighted by Gasteiger charge is -2.09. The van der Waals surface area contributed by atoms with Crippen LogP contribution in [0.4, 0.5) is 0 Å². The zero-order chi connectivity index (χ0) is 16.1. The van der Waals surface area contributed by atoms with Crippen LogP contribution in [0.3, 0.4) is 0 Å². The lowest BCUT2D eigenvalue weighted by atomic mass is 10.1. The van der Waals surface area contributed by atoms with Crippen molar-refractivity contribution in [2.24, 2.45) is 0 Å². The normalized spacial score (nSPS) is 10.9. The molecule has 0 unspecified atom stereocenters. The average Bonchev–Trinajstić information content (AvgIpc) is 2.61. The lowest BCUT2D eigenvalue weighted by Crippen LogP contribution is -2.14. The summed E-state index contributed by atoms with van der Waals surface area (Å²) in [5.74, 6) is 1.08. The second kappa shape index (κ2) is 7.07. The van der Waals surface area contributed by atoms with Crippen LogP contribution in [0.25, 0.3) is 22.8 Å². The quantitative estimate of drug-likeness (QED) is 0.725. The smallest absolute Gasteiger partial charge is 0.197 e. The summed E-state index contributed by atoms with van der Waals surface area (Å²) in [4.78, 5) is 19.2. The largest absolute Gasteiger partial charge is 0.309 e. The maximum Gasteiger partial charge on any atom is 0.197 e. The minimum Gasteiger partial charge on any atom is -0.309 e. The van der Waals surface area contributed by atoms with Crippen molar-refractivity contribution in [3.8, 4) is 22.8 Å². The van der Waals surface area contributed by atoms with Crippen molar-refractivity contribution in [2.75, 3.05) is 20.6 Å². The topological polar surface area (TPSA) is 54.8 Å². The van der Waals surface area contributed by atoms with Crippen LogP contribution in [-0.2, 0) is 6.42 Å². The van der Waals surface area contributed by atoms with E-state index in [1.807, 2.05) is 12.4 Å². The highest BCUT2D eigenvalue weighted by molar-refractivity contribution is 5.62. The highest BCUT2D eigenvalue weighted by atomic mass is 15.0. The van der Waals surface area contributed by atoms with Gasteiger partial charge in [-0.1, -0.05) is 24.3 Å². The monoisotopic (exact) mass is 305 g/mol. The van der Waals surface area contributed by atoms with E-state index in [-0.39, 0.29) is 0 Å². The van der Waals surface area contributed by atoms with Gasteiger partial charge in [0.1, 0.15) is 0 Å². The molecule has 2 aromatic heterocycles. The maximum absolute atomic E-state index is 4.36. The van der Waals surface area contributed by atoms with Crippen molar-refractivity contribution in [3.05, 3.63) is 60.7 Å². The van der Waals surface area contributed by atoms with Crippen LogP contribution in [-0.4, -0.2) is 45.5 Å². The van der Waals surface area contributed by atoms with E-state index in [0.717, 1.165) is 24.1 Å². The van der Waals surface area contributed by atoms with Crippen molar-refractivity contribution in [1.29, 1.82) is 0 Å². The van der Waals surface area contributed by atoms with E-state index in [0.29, 0.717) is 11.6 Å². The Morgan fingerprint density at radius 2 is 1.39 bits per heavy atom. The molecule has 3 rings (SSSR count). The van der Waals surface area contributed by atoms with Crippen molar-refractivity contribution >= 4 is 0 Å². The Hall–Kier alpha value is -2.66. The molecule has 0 fully saturated rings. The van der Waals surface area contributed by atoms with E-state index in [1.165, 1.54) is 5.56 Å². The van der Waals surface area contributed by atoms with Crippen molar-refractivity contribution in [1.82, 2.24) is 24.8 Å². The second-order valence-corrected chi connectivity index (χ2v) is 5.62. The van der Waals surface area contributed by atoms with Gasteiger partial charge in [0.05, 0.1) is 0 Å². The molecule has 0 atom stereocenters. The number of nitrogens with zero attached hydrogens (tertiary/aromatic N) is 5. The SMILES string of the molecule is CN(C)CCc1ccc(-c2cnc(-c3ncccn3)nc2)cc1. The van der Waals surface area contributed by atoms with Gasteiger partial charge in [0.25, 0.3) is 0 Å². The van der Waals surface area contributed by atoms with Crippen LogP contribution in [0.15, 0.2) is 55.1 Å². The summed E-state index contributed by atoms with van der Waals surface area (Å²) in [5, 5.41) is 0. The predicted octanol–water partition coefficient (Wildman–Crippen LogP) is 2.70. The molecule has 0 aliphatic rings. The standard InChI is InChI=1S/C18H19N5/c1-23(2)11-8-14-4-6-15(7-5-14)16-12-21-18(22-13-16)17-19-9-3-10-20-17/h3-7,9-10,12-13H,8,11H2,1-2H3. The zero-order valence-electron chi connectivity index (χ0n) is 13.3. The third-order valence-electron chi connectivity index (χ3n) is 3.55. The molecular weight excluding hydrogens is 286 g/mol. The van der Waals surface area contributed by atoms with Crippen molar-refractivity contribution < 1.29 is 0 Å². The fourth-order valence-electron chi connectivity index (χ4n) is 2.22. The van der Waals surface area contributed by atoms with Crippen LogP contribution in [0.5, 0.6) is 0 Å². The Balaban J connectivity index is 1.74. The first-order valence-corrected chi connectivity index (χ1v) is 7.56. The highest BCUT2D eigenvalue weighted by Gasteiger charge is 2.05. The van der Waals surface area contributed by atoms with Crippen LogP contribution in [0, 0.1) is 0 Å². The number of rotatable bonds is 5. The minimum atomic E-state index is 0.539. The van der Waals surface area contributed by atoms with Gasteiger partial charge in [-0.3, -0.25) is 0 Å². The van der Waals surface area contributed by atoms with Crippen LogP contribution in [0.1, 0.15) is 5.56 Å². The second-order valence-electron chi connectivity index (χ2n) is 5.62. The van der Waals surface area contributed by atoms with Gasteiger partial charge in [-0.25, -0.2) is 19.9 Å². The highest BCUT2D eigenvalue weighted by Crippen LogP contribution is 2.19. The number of benzene rings is 1. The molecule has 2 heterocycles. The minimum absolute atomic E-state index is 0.539. The summed E-state index contributed by atoms with van der Waals surface area (Å²) in [7, 11) is 4.17. The van der Waals surface area contributed by atoms with E-state index >= 15 is 0 Å². The van der Waals surface area contributed by atoms with Crippen LogP contribution >= 0.6 is 0 Å². The summed E-state index contributed by atoms with van der Waals surface area (Å²) in [6.45, 7) is 1.05. The first kappa shape index (κ1) is 15.2. The fraction of sp³-hybridized carbons (Fsp3) is 0.222. The van der Waals surface area contributed by atoms with Crippen LogP contribution in [0.2, 0.25) is 0 Å². The van der Waals surface area contributed by atoms with Crippen molar-refractivity contribution in [2.45, 2.75) is 6.42 Å². The molecule has 0 bridgehead atoms.